The highest BCUT2D eigenvalue weighted by Crippen LogP contribution is 2.40. The van der Waals surface area contributed by atoms with Crippen LogP contribution >= 0.6 is 11.6 Å². The van der Waals surface area contributed by atoms with Crippen molar-refractivity contribution in [2.75, 3.05) is 6.54 Å². The smallest absolute Gasteiger partial charge is 0.346 e. The van der Waals surface area contributed by atoms with Crippen molar-refractivity contribution in [3.8, 4) is 0 Å². The minimum atomic E-state index is -4.54. The summed E-state index contributed by atoms with van der Waals surface area (Å²) in [5, 5.41) is 3.37. The number of nitrogens with one attached hydrogen (secondary N) is 1. The third-order valence-electron chi connectivity index (χ3n) is 4.96. The number of carbonyl (C=O) groups is 1. The van der Waals surface area contributed by atoms with E-state index >= 15 is 0 Å². The second-order valence-corrected chi connectivity index (χ2v) is 9.06. The van der Waals surface area contributed by atoms with Crippen molar-refractivity contribution >= 4 is 17.6 Å². The van der Waals surface area contributed by atoms with Crippen LogP contribution in [0.5, 0.6) is 0 Å². The van der Waals surface area contributed by atoms with Gasteiger partial charge >= 0.3 is 12.2 Å². The van der Waals surface area contributed by atoms with E-state index in [2.05, 4.69) is 5.32 Å². The maximum Gasteiger partial charge on any atom is 0.416 e. The van der Waals surface area contributed by atoms with Crippen LogP contribution in [0.2, 0.25) is 5.02 Å². The Morgan fingerprint density at radius 3 is 2.39 bits per heavy atom. The summed E-state index contributed by atoms with van der Waals surface area (Å²) in [6, 6.07) is 11.6. The minimum Gasteiger partial charge on any atom is -0.346 e. The summed E-state index contributed by atoms with van der Waals surface area (Å²) in [6.07, 6.45) is -4.96. The predicted molar refractivity (Wildman–Crippen MR) is 114 cm³/mol. The molecule has 1 aliphatic heterocycles. The minimum absolute atomic E-state index is 0.000372. The Bertz CT molecular complexity index is 910. The number of hydrogen-bond donors (Lipinski definition) is 1. The first-order valence-electron chi connectivity index (χ1n) is 10.1. The Kier molecular flexibility index (Phi) is 6.86. The molecule has 1 aliphatic rings. The highest BCUT2D eigenvalue weighted by atomic mass is 35.5. The number of nitrogens with zero attached hydrogens (tertiary/aromatic N) is 1. The fourth-order valence-electron chi connectivity index (χ4n) is 3.61. The molecule has 1 fully saturated rings. The van der Waals surface area contributed by atoms with Gasteiger partial charge in [0.05, 0.1) is 5.56 Å². The molecular formula is C23H26ClF3N2O2. The molecule has 0 bridgehead atoms. The SMILES string of the molecule is CC(C)(C)NC(=O)N1CCCC1O[C@@H](c1ccc(Cl)cc1)c1ccccc1C(F)(F)F. The predicted octanol–water partition coefficient (Wildman–Crippen LogP) is 6.39. The molecule has 0 radical (unpaired) electrons. The van der Waals surface area contributed by atoms with Gasteiger partial charge < -0.3 is 10.1 Å². The summed E-state index contributed by atoms with van der Waals surface area (Å²) in [5.41, 5.74) is -0.675. The Morgan fingerprint density at radius 2 is 1.77 bits per heavy atom. The Labute approximate surface area is 185 Å². The van der Waals surface area contributed by atoms with Gasteiger partial charge in [0.15, 0.2) is 0 Å². The number of ether oxygens (including phenoxy) is 1. The van der Waals surface area contributed by atoms with E-state index in [-0.39, 0.29) is 11.6 Å². The number of benzene rings is 2. The Hall–Kier alpha value is -2.25. The van der Waals surface area contributed by atoms with E-state index in [1.54, 1.807) is 35.2 Å². The van der Waals surface area contributed by atoms with Gasteiger partial charge in [-0.3, -0.25) is 4.90 Å². The van der Waals surface area contributed by atoms with E-state index < -0.39 is 29.6 Å². The Morgan fingerprint density at radius 1 is 1.13 bits per heavy atom. The molecule has 31 heavy (non-hydrogen) atoms. The molecule has 0 saturated carbocycles. The molecule has 0 aliphatic carbocycles. The maximum absolute atomic E-state index is 13.7. The lowest BCUT2D eigenvalue weighted by Crippen LogP contribution is -2.50. The third-order valence-corrected chi connectivity index (χ3v) is 5.21. The fourth-order valence-corrected chi connectivity index (χ4v) is 3.74. The van der Waals surface area contributed by atoms with Gasteiger partial charge in [0.25, 0.3) is 0 Å². The van der Waals surface area contributed by atoms with E-state index in [9.17, 15) is 18.0 Å². The van der Waals surface area contributed by atoms with Gasteiger partial charge in [0, 0.05) is 17.1 Å². The zero-order valence-corrected chi connectivity index (χ0v) is 18.4. The van der Waals surface area contributed by atoms with E-state index in [0.29, 0.717) is 30.0 Å². The largest absolute Gasteiger partial charge is 0.416 e. The van der Waals surface area contributed by atoms with Crippen LogP contribution in [0.15, 0.2) is 48.5 Å². The highest BCUT2D eigenvalue weighted by molar-refractivity contribution is 6.30. The zero-order chi connectivity index (χ0) is 22.8. The molecule has 2 amide bonds. The van der Waals surface area contributed by atoms with Crippen molar-refractivity contribution in [3.63, 3.8) is 0 Å². The van der Waals surface area contributed by atoms with Gasteiger partial charge in [0.2, 0.25) is 0 Å². The Balaban J connectivity index is 1.97. The van der Waals surface area contributed by atoms with Crippen molar-refractivity contribution in [2.24, 2.45) is 0 Å². The molecular weight excluding hydrogens is 429 g/mol. The topological polar surface area (TPSA) is 41.6 Å². The van der Waals surface area contributed by atoms with Crippen LogP contribution in [0.3, 0.4) is 0 Å². The quantitative estimate of drug-likeness (QED) is 0.581. The second kappa shape index (κ2) is 9.09. The monoisotopic (exact) mass is 454 g/mol. The van der Waals surface area contributed by atoms with Crippen LogP contribution in [-0.4, -0.2) is 29.2 Å². The van der Waals surface area contributed by atoms with Crippen LogP contribution in [0, 0.1) is 0 Å². The van der Waals surface area contributed by atoms with Crippen molar-refractivity contribution < 1.29 is 22.7 Å². The van der Waals surface area contributed by atoms with Crippen LogP contribution in [0.1, 0.15) is 56.4 Å². The first kappa shape index (κ1) is 23.4. The lowest BCUT2D eigenvalue weighted by Gasteiger charge is -2.32. The molecule has 2 aromatic rings. The van der Waals surface area contributed by atoms with Gasteiger partial charge in [0.1, 0.15) is 12.3 Å². The number of alkyl halides is 3. The third kappa shape index (κ3) is 5.92. The number of rotatable bonds is 4. The van der Waals surface area contributed by atoms with Gasteiger partial charge in [-0.15, -0.1) is 0 Å². The van der Waals surface area contributed by atoms with E-state index in [1.165, 1.54) is 12.1 Å². The molecule has 0 aromatic heterocycles. The van der Waals surface area contributed by atoms with Gasteiger partial charge in [-0.2, -0.15) is 13.2 Å². The summed E-state index contributed by atoms with van der Waals surface area (Å²) in [4.78, 5) is 14.3. The number of halogens is 4. The molecule has 2 aromatic carbocycles. The molecule has 8 heteroatoms. The highest BCUT2D eigenvalue weighted by Gasteiger charge is 2.38. The molecule has 1 saturated heterocycles. The molecule has 1 N–H and O–H groups in total. The average Bonchev–Trinajstić information content (AvgIpc) is 3.13. The lowest BCUT2D eigenvalue weighted by atomic mass is 9.96. The van der Waals surface area contributed by atoms with Crippen LogP contribution < -0.4 is 5.32 Å². The summed E-state index contributed by atoms with van der Waals surface area (Å²) in [6.45, 7) is 6.08. The average molecular weight is 455 g/mol. The van der Waals surface area contributed by atoms with Crippen molar-refractivity contribution in [1.29, 1.82) is 0 Å². The summed E-state index contributed by atoms with van der Waals surface area (Å²) in [7, 11) is 0. The summed E-state index contributed by atoms with van der Waals surface area (Å²) >= 11 is 5.98. The summed E-state index contributed by atoms with van der Waals surface area (Å²) in [5.74, 6) is 0. The number of hydrogen-bond acceptors (Lipinski definition) is 2. The standard InChI is InChI=1S/C23H26ClF3N2O2/c1-22(2,3)28-21(30)29-14-6-9-19(29)31-20(15-10-12-16(24)13-11-15)17-7-4-5-8-18(17)23(25,26)27/h4-5,7-8,10-13,19-20H,6,9,14H2,1-3H3,(H,28,30)/t19?,20-/m0/s1. The van der Waals surface area contributed by atoms with Crippen LogP contribution in [0.25, 0.3) is 0 Å². The first-order valence-corrected chi connectivity index (χ1v) is 10.5. The second-order valence-electron chi connectivity index (χ2n) is 8.62. The van der Waals surface area contributed by atoms with Crippen molar-refractivity contribution in [1.82, 2.24) is 10.2 Å². The first-order chi connectivity index (χ1) is 14.5. The number of urea groups is 1. The zero-order valence-electron chi connectivity index (χ0n) is 17.7. The molecule has 1 unspecified atom stereocenters. The van der Waals surface area contributed by atoms with Gasteiger partial charge in [-0.1, -0.05) is 41.9 Å². The fraction of sp³-hybridized carbons (Fsp3) is 0.435. The van der Waals surface area contributed by atoms with E-state index in [0.717, 1.165) is 6.07 Å². The molecule has 2 atom stereocenters. The van der Waals surface area contributed by atoms with Gasteiger partial charge in [-0.05, 0) is 62.9 Å². The number of amides is 2. The molecule has 4 nitrogen and oxygen atoms in total. The van der Waals surface area contributed by atoms with Gasteiger partial charge in [-0.25, -0.2) is 4.79 Å². The number of likely N-dealkylation sites (tertiary alicyclic amines) is 1. The van der Waals surface area contributed by atoms with Crippen LogP contribution in [0.4, 0.5) is 18.0 Å². The molecule has 1 heterocycles. The van der Waals surface area contributed by atoms with Crippen molar-refractivity contribution in [2.45, 2.75) is 57.7 Å². The number of carbonyl (C=O) groups excluding carboxylic acids is 1. The molecule has 168 valence electrons. The van der Waals surface area contributed by atoms with E-state index in [1.807, 2.05) is 20.8 Å². The maximum atomic E-state index is 13.7. The lowest BCUT2D eigenvalue weighted by molar-refractivity contribution is -0.140. The van der Waals surface area contributed by atoms with E-state index in [4.69, 9.17) is 16.3 Å². The van der Waals surface area contributed by atoms with Crippen molar-refractivity contribution in [3.05, 3.63) is 70.2 Å². The van der Waals surface area contributed by atoms with Crippen LogP contribution in [-0.2, 0) is 10.9 Å². The summed E-state index contributed by atoms with van der Waals surface area (Å²) < 4.78 is 47.5. The molecule has 0 spiro atoms. The normalized spacial score (nSPS) is 18.2. The molecule has 3 rings (SSSR count).